The first-order chi connectivity index (χ1) is 5.52. The molecule has 0 radical (unpaired) electrons. The van der Waals surface area contributed by atoms with E-state index in [0.29, 0.717) is 0 Å². The van der Waals surface area contributed by atoms with E-state index in [1.807, 2.05) is 0 Å². The Bertz CT molecular complexity index is 321. The maximum atomic E-state index is 12.5. The quantitative estimate of drug-likeness (QED) is 0.571. The van der Waals surface area contributed by atoms with E-state index >= 15 is 0 Å². The molecule has 0 N–H and O–H groups in total. The van der Waals surface area contributed by atoms with Crippen LogP contribution in [-0.4, -0.2) is 4.92 Å². The van der Waals surface area contributed by atoms with Crippen molar-refractivity contribution in [2.24, 2.45) is 0 Å². The zero-order chi connectivity index (χ0) is 9.30. The molecule has 3 nitrogen and oxygen atoms in total. The molecule has 0 aliphatic heterocycles. The lowest BCUT2D eigenvalue weighted by Crippen LogP contribution is -1.91. The van der Waals surface area contributed by atoms with Crippen molar-refractivity contribution in [2.45, 2.75) is 0 Å². The summed E-state index contributed by atoms with van der Waals surface area (Å²) in [7, 11) is 0. The van der Waals surface area contributed by atoms with E-state index in [4.69, 9.17) is 11.6 Å². The van der Waals surface area contributed by atoms with Crippen LogP contribution in [0.3, 0.4) is 0 Å². The summed E-state index contributed by atoms with van der Waals surface area (Å²) in [6.45, 7) is 0. The van der Waals surface area contributed by atoms with Crippen LogP contribution in [0.2, 0.25) is 5.02 Å². The van der Waals surface area contributed by atoms with Crippen molar-refractivity contribution in [1.29, 1.82) is 0 Å². The van der Waals surface area contributed by atoms with Gasteiger partial charge in [0.2, 0.25) is 0 Å². The fourth-order valence-corrected chi connectivity index (χ4v) is 1.68. The summed E-state index contributed by atoms with van der Waals surface area (Å²) in [6, 6.07) is 1.88. The van der Waals surface area contributed by atoms with E-state index in [0.717, 1.165) is 12.1 Å². The predicted molar refractivity (Wildman–Crippen MR) is 45.8 cm³/mol. The van der Waals surface area contributed by atoms with Crippen molar-refractivity contribution in [3.63, 3.8) is 0 Å². The Labute approximate surface area is 80.4 Å². The molecule has 0 bridgehead atoms. The highest BCUT2D eigenvalue weighted by Crippen LogP contribution is 2.33. The number of nitro benzene ring substituents is 1. The van der Waals surface area contributed by atoms with Gasteiger partial charge in [-0.3, -0.25) is 10.1 Å². The summed E-state index contributed by atoms with van der Waals surface area (Å²) in [5.41, 5.74) is -0.321. The lowest BCUT2D eigenvalue weighted by atomic mass is 10.3. The summed E-state index contributed by atoms with van der Waals surface area (Å²) in [5, 5.41) is 10.1. The Kier molecular flexibility index (Phi) is 2.64. The molecule has 0 aliphatic rings. The number of rotatable bonds is 1. The Hall–Kier alpha value is -0.680. The van der Waals surface area contributed by atoms with Crippen LogP contribution in [0.5, 0.6) is 0 Å². The smallest absolute Gasteiger partial charge is 0.258 e. The molecule has 0 atom stereocenters. The highest BCUT2D eigenvalue weighted by molar-refractivity contribution is 9.10. The Balaban J connectivity index is 3.38. The molecular formula is C6H2BrClFNO2. The second-order valence-corrected chi connectivity index (χ2v) is 3.24. The summed E-state index contributed by atoms with van der Waals surface area (Å²) in [6.07, 6.45) is 0. The monoisotopic (exact) mass is 253 g/mol. The van der Waals surface area contributed by atoms with Crippen molar-refractivity contribution in [3.8, 4) is 0 Å². The van der Waals surface area contributed by atoms with Crippen molar-refractivity contribution >= 4 is 33.2 Å². The molecule has 0 unspecified atom stereocenters. The van der Waals surface area contributed by atoms with Crippen LogP contribution in [0, 0.1) is 15.9 Å². The molecule has 0 saturated carbocycles. The second-order valence-electron chi connectivity index (χ2n) is 1.98. The SMILES string of the molecule is O=[N+]([O-])c1c(Cl)cc(F)cc1Br. The van der Waals surface area contributed by atoms with Gasteiger partial charge in [0.05, 0.1) is 9.40 Å². The van der Waals surface area contributed by atoms with Gasteiger partial charge in [0.1, 0.15) is 10.8 Å². The van der Waals surface area contributed by atoms with Crippen LogP contribution in [0.15, 0.2) is 16.6 Å². The first kappa shape index (κ1) is 9.41. The molecular weight excluding hydrogens is 252 g/mol. The molecule has 64 valence electrons. The van der Waals surface area contributed by atoms with Gasteiger partial charge in [-0.05, 0) is 28.1 Å². The van der Waals surface area contributed by atoms with Crippen molar-refractivity contribution < 1.29 is 9.31 Å². The fraction of sp³-hybridized carbons (Fsp3) is 0. The van der Waals surface area contributed by atoms with Crippen LogP contribution in [0.1, 0.15) is 0 Å². The van der Waals surface area contributed by atoms with Crippen LogP contribution in [0.25, 0.3) is 0 Å². The first-order valence-corrected chi connectivity index (χ1v) is 3.98. The molecule has 0 amide bonds. The maximum Gasteiger partial charge on any atom is 0.302 e. The molecule has 1 aromatic rings. The Morgan fingerprint density at radius 2 is 2.17 bits per heavy atom. The van der Waals surface area contributed by atoms with Crippen LogP contribution >= 0.6 is 27.5 Å². The fourth-order valence-electron chi connectivity index (χ4n) is 0.709. The van der Waals surface area contributed by atoms with E-state index in [-0.39, 0.29) is 15.2 Å². The third-order valence-corrected chi connectivity index (χ3v) is 2.06. The molecule has 0 spiro atoms. The third-order valence-electron chi connectivity index (χ3n) is 1.16. The average molecular weight is 254 g/mol. The standard InChI is InChI=1S/C6H2BrClFNO2/c7-4-1-3(9)2-5(8)6(4)10(11)12/h1-2H. The maximum absolute atomic E-state index is 12.5. The topological polar surface area (TPSA) is 43.1 Å². The van der Waals surface area contributed by atoms with E-state index in [2.05, 4.69) is 15.9 Å². The number of nitro groups is 1. The highest BCUT2D eigenvalue weighted by Gasteiger charge is 2.18. The minimum atomic E-state index is -0.675. The zero-order valence-corrected chi connectivity index (χ0v) is 7.89. The summed E-state index contributed by atoms with van der Waals surface area (Å²) in [4.78, 5) is 9.65. The van der Waals surface area contributed by atoms with Crippen LogP contribution in [0.4, 0.5) is 10.1 Å². The molecule has 12 heavy (non-hydrogen) atoms. The number of hydrogen-bond acceptors (Lipinski definition) is 2. The van der Waals surface area contributed by atoms with Crippen molar-refractivity contribution in [2.75, 3.05) is 0 Å². The summed E-state index contributed by atoms with van der Waals surface area (Å²) >= 11 is 8.25. The van der Waals surface area contributed by atoms with Gasteiger partial charge < -0.3 is 0 Å². The average Bonchev–Trinajstić information content (AvgIpc) is 1.82. The van der Waals surface area contributed by atoms with Crippen LogP contribution < -0.4 is 0 Å². The molecule has 0 fully saturated rings. The first-order valence-electron chi connectivity index (χ1n) is 2.81. The third kappa shape index (κ3) is 1.73. The van der Waals surface area contributed by atoms with Gasteiger partial charge in [0, 0.05) is 0 Å². The molecule has 0 aromatic heterocycles. The van der Waals surface area contributed by atoms with E-state index in [1.165, 1.54) is 0 Å². The minimum absolute atomic E-state index is 0.0394. The van der Waals surface area contributed by atoms with Gasteiger partial charge in [0.25, 0.3) is 0 Å². The van der Waals surface area contributed by atoms with Gasteiger partial charge in [-0.2, -0.15) is 0 Å². The lowest BCUT2D eigenvalue weighted by molar-refractivity contribution is -0.385. The highest BCUT2D eigenvalue weighted by atomic mass is 79.9. The molecule has 6 heteroatoms. The Morgan fingerprint density at radius 1 is 1.58 bits per heavy atom. The van der Waals surface area contributed by atoms with Crippen molar-refractivity contribution in [1.82, 2.24) is 0 Å². The normalized spacial score (nSPS) is 9.92. The zero-order valence-electron chi connectivity index (χ0n) is 5.55. The number of nitrogens with zero attached hydrogens (tertiary/aromatic N) is 1. The number of benzene rings is 1. The molecule has 0 aliphatic carbocycles. The van der Waals surface area contributed by atoms with Gasteiger partial charge in [0.15, 0.2) is 0 Å². The van der Waals surface area contributed by atoms with E-state index < -0.39 is 10.7 Å². The number of hydrogen-bond donors (Lipinski definition) is 0. The number of halogens is 3. The summed E-state index contributed by atoms with van der Waals surface area (Å²) < 4.78 is 12.6. The predicted octanol–water partition coefficient (Wildman–Crippen LogP) is 3.15. The van der Waals surface area contributed by atoms with E-state index in [9.17, 15) is 14.5 Å². The van der Waals surface area contributed by atoms with E-state index in [1.54, 1.807) is 0 Å². The summed E-state index contributed by atoms with van der Waals surface area (Å²) in [5.74, 6) is -0.613. The van der Waals surface area contributed by atoms with Gasteiger partial charge in [-0.15, -0.1) is 0 Å². The van der Waals surface area contributed by atoms with Gasteiger partial charge >= 0.3 is 5.69 Å². The Morgan fingerprint density at radius 3 is 2.58 bits per heavy atom. The lowest BCUT2D eigenvalue weighted by Gasteiger charge is -1.97. The largest absolute Gasteiger partial charge is 0.302 e. The molecule has 1 aromatic carbocycles. The molecule has 0 saturated heterocycles. The van der Waals surface area contributed by atoms with Gasteiger partial charge in [-0.1, -0.05) is 11.6 Å². The molecule has 1 rings (SSSR count). The van der Waals surface area contributed by atoms with Crippen molar-refractivity contribution in [3.05, 3.63) is 37.6 Å². The molecule has 0 heterocycles. The second kappa shape index (κ2) is 3.37. The van der Waals surface area contributed by atoms with Gasteiger partial charge in [-0.25, -0.2) is 4.39 Å². The minimum Gasteiger partial charge on any atom is -0.258 e. The van der Waals surface area contributed by atoms with Crippen LogP contribution in [-0.2, 0) is 0 Å².